The quantitative estimate of drug-likeness (QED) is 0.850. The number of rotatable bonds is 1. The Bertz CT molecular complexity index is 314. The lowest BCUT2D eigenvalue weighted by Gasteiger charge is -2.35. The molecule has 1 aliphatic heterocycles. The predicted octanol–water partition coefficient (Wildman–Crippen LogP) is 3.16. The van der Waals surface area contributed by atoms with Gasteiger partial charge in [-0.3, -0.25) is 5.32 Å². The van der Waals surface area contributed by atoms with Crippen molar-refractivity contribution in [1.29, 1.82) is 0 Å². The number of nitrogens with one attached hydrogen (secondary N) is 1. The Morgan fingerprint density at radius 2 is 2.36 bits per heavy atom. The molecule has 1 aromatic heterocycles. The van der Waals surface area contributed by atoms with Crippen LogP contribution in [0.3, 0.4) is 0 Å². The van der Waals surface area contributed by atoms with Crippen molar-refractivity contribution in [3.05, 3.63) is 20.8 Å². The van der Waals surface area contributed by atoms with Crippen LogP contribution in [0.4, 0.5) is 0 Å². The van der Waals surface area contributed by atoms with Crippen molar-refractivity contribution >= 4 is 27.3 Å². The molecule has 1 saturated heterocycles. The standard InChI is InChI=1S/C10H14BrNOS/c1-10(2)5-12-9(13-6-10)7-3-4-8(11)14-7/h3-4,9,12H,5-6H2,1-2H3. The average molecular weight is 276 g/mol. The largest absolute Gasteiger partial charge is 0.358 e. The molecule has 78 valence electrons. The Hall–Kier alpha value is 0.1000. The van der Waals surface area contributed by atoms with Crippen LogP contribution < -0.4 is 5.32 Å². The molecule has 0 saturated carbocycles. The van der Waals surface area contributed by atoms with E-state index in [4.69, 9.17) is 4.74 Å². The zero-order valence-electron chi connectivity index (χ0n) is 8.34. The van der Waals surface area contributed by atoms with Gasteiger partial charge in [0.1, 0.15) is 6.23 Å². The molecule has 1 atom stereocenters. The molecule has 1 aromatic rings. The number of thiophene rings is 1. The zero-order chi connectivity index (χ0) is 10.2. The second-order valence-corrected chi connectivity index (χ2v) is 6.87. The van der Waals surface area contributed by atoms with E-state index in [-0.39, 0.29) is 11.6 Å². The summed E-state index contributed by atoms with van der Waals surface area (Å²) in [5.41, 5.74) is 0.255. The third-order valence-corrected chi connectivity index (χ3v) is 3.93. The maximum Gasteiger partial charge on any atom is 0.143 e. The van der Waals surface area contributed by atoms with Gasteiger partial charge in [0.25, 0.3) is 0 Å². The topological polar surface area (TPSA) is 21.3 Å². The van der Waals surface area contributed by atoms with Gasteiger partial charge in [-0.15, -0.1) is 11.3 Å². The molecule has 2 nitrogen and oxygen atoms in total. The number of hydrogen-bond acceptors (Lipinski definition) is 3. The van der Waals surface area contributed by atoms with E-state index in [1.165, 1.54) is 4.88 Å². The van der Waals surface area contributed by atoms with Gasteiger partial charge in [0, 0.05) is 16.8 Å². The van der Waals surface area contributed by atoms with Gasteiger partial charge in [-0.05, 0) is 28.1 Å². The Balaban J connectivity index is 2.02. The maximum absolute atomic E-state index is 5.77. The van der Waals surface area contributed by atoms with Gasteiger partial charge in [-0.1, -0.05) is 13.8 Å². The van der Waals surface area contributed by atoms with Crippen LogP contribution in [0.15, 0.2) is 15.9 Å². The monoisotopic (exact) mass is 275 g/mol. The zero-order valence-corrected chi connectivity index (χ0v) is 10.7. The molecule has 1 aliphatic rings. The fraction of sp³-hybridized carbons (Fsp3) is 0.600. The Kier molecular flexibility index (Phi) is 2.98. The summed E-state index contributed by atoms with van der Waals surface area (Å²) in [5.74, 6) is 0. The summed E-state index contributed by atoms with van der Waals surface area (Å²) < 4.78 is 6.93. The lowest BCUT2D eigenvalue weighted by molar-refractivity contribution is -0.0577. The van der Waals surface area contributed by atoms with E-state index < -0.39 is 0 Å². The van der Waals surface area contributed by atoms with Crippen molar-refractivity contribution in [2.24, 2.45) is 5.41 Å². The van der Waals surface area contributed by atoms with E-state index >= 15 is 0 Å². The summed E-state index contributed by atoms with van der Waals surface area (Å²) in [6, 6.07) is 4.16. The van der Waals surface area contributed by atoms with Crippen LogP contribution in [0.5, 0.6) is 0 Å². The highest BCUT2D eigenvalue weighted by molar-refractivity contribution is 9.11. The van der Waals surface area contributed by atoms with Crippen LogP contribution in [0.25, 0.3) is 0 Å². The first-order chi connectivity index (χ1) is 6.57. The van der Waals surface area contributed by atoms with Crippen molar-refractivity contribution in [2.75, 3.05) is 13.2 Å². The highest BCUT2D eigenvalue weighted by atomic mass is 79.9. The van der Waals surface area contributed by atoms with Crippen molar-refractivity contribution in [3.8, 4) is 0 Å². The minimum atomic E-state index is 0.0827. The normalized spacial score (nSPS) is 26.4. The number of halogens is 1. The van der Waals surface area contributed by atoms with Gasteiger partial charge in [0.05, 0.1) is 10.4 Å². The molecule has 0 radical (unpaired) electrons. The van der Waals surface area contributed by atoms with Gasteiger partial charge < -0.3 is 4.74 Å². The third kappa shape index (κ3) is 2.37. The fourth-order valence-corrected chi connectivity index (χ4v) is 2.89. The molecule has 2 heterocycles. The third-order valence-electron chi connectivity index (χ3n) is 2.26. The molecule has 1 N–H and O–H groups in total. The van der Waals surface area contributed by atoms with Crippen molar-refractivity contribution in [1.82, 2.24) is 5.32 Å². The van der Waals surface area contributed by atoms with Crippen LogP contribution in [-0.2, 0) is 4.74 Å². The minimum absolute atomic E-state index is 0.0827. The van der Waals surface area contributed by atoms with E-state index in [0.717, 1.165) is 16.9 Å². The first-order valence-electron chi connectivity index (χ1n) is 4.67. The molecule has 14 heavy (non-hydrogen) atoms. The van der Waals surface area contributed by atoms with Crippen molar-refractivity contribution in [3.63, 3.8) is 0 Å². The summed E-state index contributed by atoms with van der Waals surface area (Å²) in [6.07, 6.45) is 0.0827. The second-order valence-electron chi connectivity index (χ2n) is 4.38. The average Bonchev–Trinajstić information content (AvgIpc) is 2.52. The summed E-state index contributed by atoms with van der Waals surface area (Å²) in [4.78, 5) is 1.24. The van der Waals surface area contributed by atoms with Crippen molar-refractivity contribution < 1.29 is 4.74 Å². The molecular formula is C10H14BrNOS. The molecule has 0 spiro atoms. The molecule has 0 amide bonds. The molecule has 1 fully saturated rings. The summed E-state index contributed by atoms with van der Waals surface area (Å²) in [5, 5.41) is 3.41. The Labute approximate surface area is 96.8 Å². The highest BCUT2D eigenvalue weighted by Gasteiger charge is 2.28. The van der Waals surface area contributed by atoms with E-state index in [1.807, 2.05) is 0 Å². The predicted molar refractivity (Wildman–Crippen MR) is 62.5 cm³/mol. The number of ether oxygens (including phenoxy) is 1. The van der Waals surface area contributed by atoms with E-state index in [0.29, 0.717) is 0 Å². The van der Waals surface area contributed by atoms with Gasteiger partial charge in [0.15, 0.2) is 0 Å². The fourth-order valence-electron chi connectivity index (χ4n) is 1.44. The van der Waals surface area contributed by atoms with Gasteiger partial charge in [0.2, 0.25) is 0 Å². The lowest BCUT2D eigenvalue weighted by Crippen LogP contribution is -2.42. The second kappa shape index (κ2) is 3.93. The van der Waals surface area contributed by atoms with Crippen LogP contribution in [0.2, 0.25) is 0 Å². The SMILES string of the molecule is CC1(C)CNC(c2ccc(Br)s2)OC1. The molecule has 1 unspecified atom stereocenters. The minimum Gasteiger partial charge on any atom is -0.358 e. The lowest BCUT2D eigenvalue weighted by atomic mass is 9.93. The molecular weight excluding hydrogens is 262 g/mol. The van der Waals surface area contributed by atoms with E-state index in [1.54, 1.807) is 11.3 Å². The molecule has 0 bridgehead atoms. The molecule has 0 aromatic carbocycles. The van der Waals surface area contributed by atoms with Crippen molar-refractivity contribution in [2.45, 2.75) is 20.1 Å². The van der Waals surface area contributed by atoms with Gasteiger partial charge in [-0.25, -0.2) is 0 Å². The molecule has 4 heteroatoms. The van der Waals surface area contributed by atoms with E-state index in [2.05, 4.69) is 47.2 Å². The van der Waals surface area contributed by atoms with Gasteiger partial charge >= 0.3 is 0 Å². The van der Waals surface area contributed by atoms with Crippen LogP contribution in [0, 0.1) is 5.41 Å². The first kappa shape index (κ1) is 10.6. The summed E-state index contributed by atoms with van der Waals surface area (Å²) in [7, 11) is 0. The van der Waals surface area contributed by atoms with Crippen LogP contribution in [0.1, 0.15) is 25.0 Å². The smallest absolute Gasteiger partial charge is 0.143 e. The Morgan fingerprint density at radius 3 is 2.86 bits per heavy atom. The van der Waals surface area contributed by atoms with Gasteiger partial charge in [-0.2, -0.15) is 0 Å². The molecule has 2 rings (SSSR count). The summed E-state index contributed by atoms with van der Waals surface area (Å²) in [6.45, 7) is 6.24. The van der Waals surface area contributed by atoms with Crippen LogP contribution in [-0.4, -0.2) is 13.2 Å². The van der Waals surface area contributed by atoms with E-state index in [9.17, 15) is 0 Å². The number of hydrogen-bond donors (Lipinski definition) is 1. The van der Waals surface area contributed by atoms with Crippen LogP contribution >= 0.6 is 27.3 Å². The first-order valence-corrected chi connectivity index (χ1v) is 6.28. The highest BCUT2D eigenvalue weighted by Crippen LogP contribution is 2.32. The molecule has 0 aliphatic carbocycles. The Morgan fingerprint density at radius 1 is 1.57 bits per heavy atom. The maximum atomic E-state index is 5.77. The summed E-state index contributed by atoms with van der Waals surface area (Å²) >= 11 is 5.18.